The van der Waals surface area contributed by atoms with Crippen LogP contribution in [0.3, 0.4) is 0 Å². The minimum atomic E-state index is 0.580. The monoisotopic (exact) mass is 397 g/mol. The molecule has 0 spiro atoms. The standard InChI is InChI=1S/C29H35N/c1-6-22(5)25-13-17-27(18-14-25)30(29-12-10-11-23(7-2)21-29)28-19-15-26(16-20-28)24(8-3)9-4/h7,10-22,24H,2,6,8-9H2,1,3-5H3. The number of benzene rings is 3. The van der Waals surface area contributed by atoms with E-state index in [1.807, 2.05) is 6.08 Å². The molecule has 1 heteroatoms. The molecule has 0 radical (unpaired) electrons. The summed E-state index contributed by atoms with van der Waals surface area (Å²) in [6.07, 6.45) is 5.42. The molecule has 3 aromatic carbocycles. The van der Waals surface area contributed by atoms with Crippen LogP contribution in [0, 0.1) is 0 Å². The highest BCUT2D eigenvalue weighted by Crippen LogP contribution is 2.37. The topological polar surface area (TPSA) is 3.24 Å². The zero-order valence-corrected chi connectivity index (χ0v) is 18.9. The number of hydrogen-bond acceptors (Lipinski definition) is 1. The van der Waals surface area contributed by atoms with Crippen molar-refractivity contribution >= 4 is 23.1 Å². The molecule has 0 aromatic heterocycles. The molecule has 1 atom stereocenters. The van der Waals surface area contributed by atoms with E-state index in [9.17, 15) is 0 Å². The number of nitrogens with zero attached hydrogens (tertiary/aromatic N) is 1. The van der Waals surface area contributed by atoms with E-state index in [4.69, 9.17) is 0 Å². The first kappa shape index (κ1) is 21.9. The Bertz CT molecular complexity index is 933. The van der Waals surface area contributed by atoms with Crippen molar-refractivity contribution in [3.05, 3.63) is 96.1 Å². The summed E-state index contributed by atoms with van der Waals surface area (Å²) in [6, 6.07) is 26.7. The quantitative estimate of drug-likeness (QED) is 0.348. The Morgan fingerprint density at radius 2 is 1.30 bits per heavy atom. The molecule has 3 rings (SSSR count). The summed E-state index contributed by atoms with van der Waals surface area (Å²) in [5.41, 5.74) is 7.46. The zero-order chi connectivity index (χ0) is 21.5. The second kappa shape index (κ2) is 10.3. The predicted molar refractivity (Wildman–Crippen MR) is 133 cm³/mol. The molecule has 0 aliphatic carbocycles. The SMILES string of the molecule is C=Cc1cccc(N(c2ccc(C(C)CC)cc2)c2ccc(C(CC)CC)cc2)c1. The minimum absolute atomic E-state index is 0.580. The molecule has 0 saturated heterocycles. The van der Waals surface area contributed by atoms with Gasteiger partial charge in [0, 0.05) is 17.1 Å². The van der Waals surface area contributed by atoms with Crippen LogP contribution in [-0.2, 0) is 0 Å². The maximum Gasteiger partial charge on any atom is 0.0467 e. The maximum absolute atomic E-state index is 3.95. The summed E-state index contributed by atoms with van der Waals surface area (Å²) in [5.74, 6) is 1.21. The average Bonchev–Trinajstić information content (AvgIpc) is 2.81. The molecule has 0 fully saturated rings. The van der Waals surface area contributed by atoms with Crippen molar-refractivity contribution in [1.29, 1.82) is 0 Å². The molecule has 0 aliphatic heterocycles. The van der Waals surface area contributed by atoms with Gasteiger partial charge >= 0.3 is 0 Å². The molecule has 0 bridgehead atoms. The Morgan fingerprint density at radius 3 is 1.80 bits per heavy atom. The van der Waals surface area contributed by atoms with E-state index in [-0.39, 0.29) is 0 Å². The Balaban J connectivity index is 2.05. The molecule has 30 heavy (non-hydrogen) atoms. The van der Waals surface area contributed by atoms with Crippen LogP contribution in [0.4, 0.5) is 17.1 Å². The first-order valence-corrected chi connectivity index (χ1v) is 11.3. The van der Waals surface area contributed by atoms with Crippen LogP contribution >= 0.6 is 0 Å². The summed E-state index contributed by atoms with van der Waals surface area (Å²) >= 11 is 0. The fourth-order valence-electron chi connectivity index (χ4n) is 4.08. The average molecular weight is 398 g/mol. The van der Waals surface area contributed by atoms with E-state index in [1.54, 1.807) is 0 Å². The van der Waals surface area contributed by atoms with E-state index >= 15 is 0 Å². The largest absolute Gasteiger partial charge is 0.310 e. The fraction of sp³-hybridized carbons (Fsp3) is 0.310. The van der Waals surface area contributed by atoms with Gasteiger partial charge in [0.25, 0.3) is 0 Å². The highest BCUT2D eigenvalue weighted by atomic mass is 15.1. The van der Waals surface area contributed by atoms with Crippen LogP contribution in [0.15, 0.2) is 79.4 Å². The maximum atomic E-state index is 3.95. The van der Waals surface area contributed by atoms with Crippen LogP contribution < -0.4 is 4.90 Å². The van der Waals surface area contributed by atoms with Gasteiger partial charge in [-0.15, -0.1) is 0 Å². The number of hydrogen-bond donors (Lipinski definition) is 0. The smallest absolute Gasteiger partial charge is 0.0467 e. The molecule has 0 aliphatic rings. The van der Waals surface area contributed by atoms with Gasteiger partial charge in [-0.2, -0.15) is 0 Å². The molecule has 0 amide bonds. The van der Waals surface area contributed by atoms with Crippen molar-refractivity contribution in [2.75, 3.05) is 4.90 Å². The summed E-state index contributed by atoms with van der Waals surface area (Å²) in [6.45, 7) is 13.0. The third kappa shape index (κ3) is 4.84. The van der Waals surface area contributed by atoms with E-state index in [1.165, 1.54) is 35.3 Å². The first-order valence-electron chi connectivity index (χ1n) is 11.3. The summed E-state index contributed by atoms with van der Waals surface area (Å²) < 4.78 is 0. The third-order valence-corrected chi connectivity index (χ3v) is 6.31. The summed E-state index contributed by atoms with van der Waals surface area (Å²) in [7, 11) is 0. The van der Waals surface area contributed by atoms with E-state index in [0.29, 0.717) is 11.8 Å². The minimum Gasteiger partial charge on any atom is -0.310 e. The van der Waals surface area contributed by atoms with Crippen LogP contribution in [0.2, 0.25) is 0 Å². The highest BCUT2D eigenvalue weighted by molar-refractivity contribution is 5.78. The fourth-order valence-corrected chi connectivity index (χ4v) is 4.08. The van der Waals surface area contributed by atoms with Crippen molar-refractivity contribution in [3.63, 3.8) is 0 Å². The van der Waals surface area contributed by atoms with E-state index < -0.39 is 0 Å². The predicted octanol–water partition coefficient (Wildman–Crippen LogP) is 9.22. The van der Waals surface area contributed by atoms with Gasteiger partial charge in [0.2, 0.25) is 0 Å². The molecule has 0 saturated carbocycles. The number of rotatable bonds is 9. The number of anilines is 3. The van der Waals surface area contributed by atoms with E-state index in [0.717, 1.165) is 17.7 Å². The summed E-state index contributed by atoms with van der Waals surface area (Å²) in [4.78, 5) is 2.34. The lowest BCUT2D eigenvalue weighted by molar-refractivity contribution is 0.642. The van der Waals surface area contributed by atoms with Gasteiger partial charge in [-0.25, -0.2) is 0 Å². The molecule has 3 aromatic rings. The van der Waals surface area contributed by atoms with Crippen molar-refractivity contribution in [3.8, 4) is 0 Å². The van der Waals surface area contributed by atoms with Crippen molar-refractivity contribution in [2.24, 2.45) is 0 Å². The van der Waals surface area contributed by atoms with Crippen LogP contribution in [0.5, 0.6) is 0 Å². The van der Waals surface area contributed by atoms with Crippen molar-refractivity contribution < 1.29 is 0 Å². The molecular formula is C29H35N. The Kier molecular flexibility index (Phi) is 7.52. The first-order chi connectivity index (χ1) is 14.6. The lowest BCUT2D eigenvalue weighted by atomic mass is 9.94. The van der Waals surface area contributed by atoms with Crippen molar-refractivity contribution in [2.45, 2.75) is 58.8 Å². The Labute approximate surface area is 183 Å². The lowest BCUT2D eigenvalue weighted by Gasteiger charge is -2.27. The molecule has 0 N–H and O–H groups in total. The molecule has 1 nitrogen and oxygen atoms in total. The van der Waals surface area contributed by atoms with Gasteiger partial charge in [0.05, 0.1) is 0 Å². The van der Waals surface area contributed by atoms with Crippen LogP contribution in [0.1, 0.15) is 75.5 Å². The third-order valence-electron chi connectivity index (χ3n) is 6.31. The van der Waals surface area contributed by atoms with Crippen molar-refractivity contribution in [1.82, 2.24) is 0 Å². The van der Waals surface area contributed by atoms with Gasteiger partial charge < -0.3 is 4.90 Å². The molecule has 0 heterocycles. The Hall–Kier alpha value is -2.80. The summed E-state index contributed by atoms with van der Waals surface area (Å²) in [5, 5.41) is 0. The normalized spacial score (nSPS) is 12.0. The van der Waals surface area contributed by atoms with E-state index in [2.05, 4.69) is 112 Å². The second-order valence-corrected chi connectivity index (χ2v) is 8.14. The highest BCUT2D eigenvalue weighted by Gasteiger charge is 2.15. The van der Waals surface area contributed by atoms with Gasteiger partial charge in [-0.3, -0.25) is 0 Å². The van der Waals surface area contributed by atoms with Gasteiger partial charge in [-0.05, 0) is 84.2 Å². The molecule has 156 valence electrons. The van der Waals surface area contributed by atoms with Crippen LogP contribution in [-0.4, -0.2) is 0 Å². The van der Waals surface area contributed by atoms with Gasteiger partial charge in [0.15, 0.2) is 0 Å². The molecule has 1 unspecified atom stereocenters. The zero-order valence-electron chi connectivity index (χ0n) is 18.9. The lowest BCUT2D eigenvalue weighted by Crippen LogP contribution is -2.10. The van der Waals surface area contributed by atoms with Gasteiger partial charge in [-0.1, -0.05) is 76.7 Å². The van der Waals surface area contributed by atoms with Gasteiger partial charge in [0.1, 0.15) is 0 Å². The van der Waals surface area contributed by atoms with Crippen LogP contribution in [0.25, 0.3) is 6.08 Å². The second-order valence-electron chi connectivity index (χ2n) is 8.14. The Morgan fingerprint density at radius 1 is 0.733 bits per heavy atom. The molecular weight excluding hydrogens is 362 g/mol.